The van der Waals surface area contributed by atoms with E-state index < -0.39 is 0 Å². The molecule has 0 spiro atoms. The highest BCUT2D eigenvalue weighted by Crippen LogP contribution is 2.68. The molecule has 4 aliphatic carbocycles. The summed E-state index contributed by atoms with van der Waals surface area (Å²) in [5.41, 5.74) is 3.62. The van der Waals surface area contributed by atoms with Crippen LogP contribution < -0.4 is 0 Å². The topological polar surface area (TPSA) is 51.2 Å². The molecular formula is C27H40O4. The standard InChI is InChI=1S/C27H40O4/c1-15(24-29-13-25(2,3)14-30-24)18-8-9-19-17-7-6-16-12-21(28)22-23(31-22)27(16,5)20(17)10-11-26(18,19)4/h6-7,15,18-24,28H,8-14H2,1-5H3/t15?,18-,19+,20+,21-,22+,23+,26-,27+/m1/s1. The van der Waals surface area contributed by atoms with Gasteiger partial charge in [0, 0.05) is 16.7 Å². The molecule has 0 aromatic heterocycles. The molecule has 0 radical (unpaired) electrons. The number of fused-ring (bicyclic) bond motifs is 7. The fourth-order valence-corrected chi connectivity index (χ4v) is 8.49. The summed E-state index contributed by atoms with van der Waals surface area (Å²) >= 11 is 0. The molecule has 2 aliphatic heterocycles. The van der Waals surface area contributed by atoms with E-state index in [1.54, 1.807) is 5.57 Å². The molecule has 9 atom stereocenters. The van der Waals surface area contributed by atoms with Crippen molar-refractivity contribution in [3.8, 4) is 0 Å². The van der Waals surface area contributed by atoms with Crippen LogP contribution in [0.15, 0.2) is 23.3 Å². The lowest BCUT2D eigenvalue weighted by Crippen LogP contribution is -2.50. The SMILES string of the molecule is CC(C1OCC(C)(C)CO1)[C@H]1CC[C@H]2C3=CC=C4C[C@@H](O)[C@@H]5O[C@@H]5[C@]4(C)[C@H]3CC[C@]12C. The van der Waals surface area contributed by atoms with Gasteiger partial charge in [-0.2, -0.15) is 0 Å². The Bertz CT molecular complexity index is 819. The molecule has 2 heterocycles. The maximum atomic E-state index is 10.4. The quantitative estimate of drug-likeness (QED) is 0.638. The zero-order valence-electron chi connectivity index (χ0n) is 19.9. The van der Waals surface area contributed by atoms with E-state index in [1.807, 2.05) is 0 Å². The van der Waals surface area contributed by atoms with Gasteiger partial charge in [0.2, 0.25) is 0 Å². The van der Waals surface area contributed by atoms with E-state index in [-0.39, 0.29) is 35.4 Å². The van der Waals surface area contributed by atoms with Crippen LogP contribution in [-0.4, -0.2) is 42.9 Å². The fourth-order valence-electron chi connectivity index (χ4n) is 8.49. The summed E-state index contributed by atoms with van der Waals surface area (Å²) in [4.78, 5) is 0. The van der Waals surface area contributed by atoms with E-state index in [0.717, 1.165) is 19.6 Å². The third-order valence-electron chi connectivity index (χ3n) is 10.3. The van der Waals surface area contributed by atoms with Crippen LogP contribution in [-0.2, 0) is 14.2 Å². The van der Waals surface area contributed by atoms with E-state index in [1.165, 1.54) is 31.3 Å². The monoisotopic (exact) mass is 428 g/mol. The molecule has 0 bridgehead atoms. The van der Waals surface area contributed by atoms with Crippen molar-refractivity contribution in [1.82, 2.24) is 0 Å². The lowest BCUT2D eigenvalue weighted by atomic mass is 9.50. The molecule has 0 amide bonds. The second kappa shape index (κ2) is 6.68. The van der Waals surface area contributed by atoms with Gasteiger partial charge in [0.15, 0.2) is 6.29 Å². The van der Waals surface area contributed by atoms with Gasteiger partial charge in [-0.1, -0.05) is 57.9 Å². The average molecular weight is 429 g/mol. The zero-order valence-corrected chi connectivity index (χ0v) is 19.9. The van der Waals surface area contributed by atoms with Crippen LogP contribution in [0.1, 0.15) is 66.7 Å². The van der Waals surface area contributed by atoms with Crippen molar-refractivity contribution >= 4 is 0 Å². The number of aliphatic hydroxyl groups is 1. The highest BCUT2D eigenvalue weighted by molar-refractivity contribution is 5.42. The second-order valence-corrected chi connectivity index (χ2v) is 12.8. The molecule has 0 aromatic rings. The van der Waals surface area contributed by atoms with E-state index in [9.17, 15) is 5.11 Å². The van der Waals surface area contributed by atoms with Crippen molar-refractivity contribution in [1.29, 1.82) is 0 Å². The molecule has 1 unspecified atom stereocenters. The van der Waals surface area contributed by atoms with E-state index in [4.69, 9.17) is 14.2 Å². The van der Waals surface area contributed by atoms with Crippen molar-refractivity contribution in [2.45, 2.75) is 91.3 Å². The van der Waals surface area contributed by atoms with Crippen molar-refractivity contribution in [3.05, 3.63) is 23.3 Å². The van der Waals surface area contributed by atoms with E-state index >= 15 is 0 Å². The van der Waals surface area contributed by atoms with Crippen molar-refractivity contribution < 1.29 is 19.3 Å². The van der Waals surface area contributed by atoms with Crippen LogP contribution in [0.4, 0.5) is 0 Å². The summed E-state index contributed by atoms with van der Waals surface area (Å²) in [5.74, 6) is 2.29. The Hall–Kier alpha value is -0.680. The van der Waals surface area contributed by atoms with Crippen molar-refractivity contribution in [3.63, 3.8) is 0 Å². The maximum absolute atomic E-state index is 10.4. The lowest BCUT2D eigenvalue weighted by molar-refractivity contribution is -0.252. The minimum absolute atomic E-state index is 0.0591. The van der Waals surface area contributed by atoms with Crippen LogP contribution in [0.25, 0.3) is 0 Å². The number of allylic oxidation sites excluding steroid dienone is 3. The number of rotatable bonds is 2. The molecule has 0 aromatic carbocycles. The van der Waals surface area contributed by atoms with Crippen LogP contribution in [0, 0.1) is 39.9 Å². The van der Waals surface area contributed by atoms with Gasteiger partial charge in [-0.05, 0) is 55.3 Å². The molecule has 1 N–H and O–H groups in total. The van der Waals surface area contributed by atoms with E-state index in [2.05, 4.69) is 46.8 Å². The molecule has 6 rings (SSSR count). The average Bonchev–Trinajstić information content (AvgIpc) is 3.46. The number of hydrogen-bond donors (Lipinski definition) is 1. The van der Waals surface area contributed by atoms with E-state index in [0.29, 0.717) is 29.1 Å². The second-order valence-electron chi connectivity index (χ2n) is 12.8. The Kier molecular flexibility index (Phi) is 4.50. The minimum Gasteiger partial charge on any atom is -0.390 e. The Labute approximate surface area is 187 Å². The third-order valence-corrected chi connectivity index (χ3v) is 10.3. The maximum Gasteiger partial charge on any atom is 0.160 e. The smallest absolute Gasteiger partial charge is 0.160 e. The molecule has 4 nitrogen and oxygen atoms in total. The van der Waals surface area contributed by atoms with Crippen molar-refractivity contribution in [2.24, 2.45) is 39.9 Å². The molecule has 5 fully saturated rings. The largest absolute Gasteiger partial charge is 0.390 e. The van der Waals surface area contributed by atoms with Gasteiger partial charge in [-0.3, -0.25) is 0 Å². The molecule has 2 saturated heterocycles. The Morgan fingerprint density at radius 2 is 1.74 bits per heavy atom. The Morgan fingerprint density at radius 1 is 1.00 bits per heavy atom. The molecule has 4 heteroatoms. The molecular weight excluding hydrogens is 388 g/mol. The fraction of sp³-hybridized carbons (Fsp3) is 0.852. The highest BCUT2D eigenvalue weighted by Gasteiger charge is 2.66. The summed E-state index contributed by atoms with van der Waals surface area (Å²) in [6.45, 7) is 13.4. The molecule has 6 aliphatic rings. The normalized spacial score (nSPS) is 51.5. The zero-order chi connectivity index (χ0) is 21.8. The van der Waals surface area contributed by atoms with Gasteiger partial charge in [0.1, 0.15) is 6.10 Å². The van der Waals surface area contributed by atoms with Crippen LogP contribution >= 0.6 is 0 Å². The molecule has 31 heavy (non-hydrogen) atoms. The number of hydrogen-bond acceptors (Lipinski definition) is 4. The van der Waals surface area contributed by atoms with Gasteiger partial charge in [-0.25, -0.2) is 0 Å². The minimum atomic E-state index is -0.315. The van der Waals surface area contributed by atoms with Crippen molar-refractivity contribution in [2.75, 3.05) is 13.2 Å². The Balaban J connectivity index is 1.26. The lowest BCUT2D eigenvalue weighted by Gasteiger charge is -2.54. The summed E-state index contributed by atoms with van der Waals surface area (Å²) < 4.78 is 18.5. The first-order valence-electron chi connectivity index (χ1n) is 12.6. The van der Waals surface area contributed by atoms with Gasteiger partial charge in [0.05, 0.1) is 25.4 Å². The molecule has 172 valence electrons. The summed E-state index contributed by atoms with van der Waals surface area (Å²) in [7, 11) is 0. The van der Waals surface area contributed by atoms with Gasteiger partial charge < -0.3 is 19.3 Å². The summed E-state index contributed by atoms with van der Waals surface area (Å²) in [5, 5.41) is 10.4. The third kappa shape index (κ3) is 2.87. The highest BCUT2D eigenvalue weighted by atomic mass is 16.7. The van der Waals surface area contributed by atoms with Gasteiger partial charge in [0.25, 0.3) is 0 Å². The first kappa shape index (κ1) is 20.9. The van der Waals surface area contributed by atoms with Crippen LogP contribution in [0.3, 0.4) is 0 Å². The van der Waals surface area contributed by atoms with Crippen LogP contribution in [0.5, 0.6) is 0 Å². The van der Waals surface area contributed by atoms with Crippen LogP contribution in [0.2, 0.25) is 0 Å². The Morgan fingerprint density at radius 3 is 2.48 bits per heavy atom. The summed E-state index contributed by atoms with van der Waals surface area (Å²) in [6, 6.07) is 0. The van der Waals surface area contributed by atoms with Gasteiger partial charge >= 0.3 is 0 Å². The number of aliphatic hydroxyl groups excluding tert-OH is 1. The first-order chi connectivity index (χ1) is 14.6. The number of ether oxygens (including phenoxy) is 3. The summed E-state index contributed by atoms with van der Waals surface area (Å²) in [6.07, 6.45) is 10.5. The predicted molar refractivity (Wildman–Crippen MR) is 119 cm³/mol. The van der Waals surface area contributed by atoms with Gasteiger partial charge in [-0.15, -0.1) is 0 Å². The predicted octanol–water partition coefficient (Wildman–Crippen LogP) is 4.87. The molecule has 3 saturated carbocycles. The number of epoxide rings is 1. The first-order valence-corrected chi connectivity index (χ1v) is 12.6.